The maximum absolute atomic E-state index is 12.2. The number of carbonyl (C=O) groups excluding carboxylic acids is 1. The maximum Gasteiger partial charge on any atom is 0.410 e. The van der Waals surface area contributed by atoms with Crippen LogP contribution in [0.4, 0.5) is 4.79 Å². The molecular formula is C14H27NO2. The third-order valence-electron chi connectivity index (χ3n) is 3.36. The van der Waals surface area contributed by atoms with Crippen LogP contribution in [0.1, 0.15) is 60.8 Å². The lowest BCUT2D eigenvalue weighted by Gasteiger charge is -2.43. The SMILES string of the molecule is CCC1C[C@H](C)C[C@H](C)N1C(=O)OC(C)(C)C. The molecule has 1 amide bonds. The van der Waals surface area contributed by atoms with Gasteiger partial charge in [-0.25, -0.2) is 4.79 Å². The van der Waals surface area contributed by atoms with Crippen molar-refractivity contribution in [3.05, 3.63) is 0 Å². The van der Waals surface area contributed by atoms with Gasteiger partial charge in [0, 0.05) is 12.1 Å². The highest BCUT2D eigenvalue weighted by Crippen LogP contribution is 2.30. The maximum atomic E-state index is 12.2. The molecule has 1 rings (SSSR count). The Labute approximate surface area is 106 Å². The summed E-state index contributed by atoms with van der Waals surface area (Å²) < 4.78 is 5.50. The van der Waals surface area contributed by atoms with Crippen molar-refractivity contribution in [2.75, 3.05) is 0 Å². The zero-order valence-electron chi connectivity index (χ0n) is 12.1. The highest BCUT2D eigenvalue weighted by atomic mass is 16.6. The molecule has 0 N–H and O–H groups in total. The summed E-state index contributed by atoms with van der Waals surface area (Å²) in [6, 6.07) is 0.627. The van der Waals surface area contributed by atoms with Crippen molar-refractivity contribution in [3.63, 3.8) is 0 Å². The molecule has 0 saturated carbocycles. The van der Waals surface area contributed by atoms with Crippen LogP contribution in [0.15, 0.2) is 0 Å². The molecule has 1 saturated heterocycles. The van der Waals surface area contributed by atoms with Gasteiger partial charge >= 0.3 is 6.09 Å². The fourth-order valence-electron chi connectivity index (χ4n) is 2.74. The van der Waals surface area contributed by atoms with Gasteiger partial charge in [-0.05, 0) is 52.9 Å². The number of rotatable bonds is 1. The Morgan fingerprint density at radius 2 is 1.88 bits per heavy atom. The first kappa shape index (κ1) is 14.3. The molecule has 3 atom stereocenters. The van der Waals surface area contributed by atoms with Gasteiger partial charge in [0.05, 0.1) is 0 Å². The monoisotopic (exact) mass is 241 g/mol. The van der Waals surface area contributed by atoms with Gasteiger partial charge in [-0.2, -0.15) is 0 Å². The molecule has 1 heterocycles. The van der Waals surface area contributed by atoms with Gasteiger partial charge in [-0.1, -0.05) is 13.8 Å². The number of amides is 1. The zero-order chi connectivity index (χ0) is 13.2. The lowest BCUT2D eigenvalue weighted by molar-refractivity contribution is -0.00960. The standard InChI is InChI=1S/C14H27NO2/c1-7-12-9-10(2)8-11(3)15(12)13(16)17-14(4,5)6/h10-12H,7-9H2,1-6H3/t10-,11+,12?/m1/s1. The third-order valence-corrected chi connectivity index (χ3v) is 3.36. The number of likely N-dealkylation sites (tertiary alicyclic amines) is 1. The minimum absolute atomic E-state index is 0.149. The topological polar surface area (TPSA) is 29.5 Å². The van der Waals surface area contributed by atoms with Crippen molar-refractivity contribution >= 4 is 6.09 Å². The van der Waals surface area contributed by atoms with E-state index in [1.54, 1.807) is 0 Å². The molecule has 1 aliphatic heterocycles. The molecule has 1 fully saturated rings. The summed E-state index contributed by atoms with van der Waals surface area (Å²) >= 11 is 0. The molecule has 0 aliphatic carbocycles. The third kappa shape index (κ3) is 3.90. The summed E-state index contributed by atoms with van der Waals surface area (Å²) in [5.74, 6) is 0.702. The fraction of sp³-hybridized carbons (Fsp3) is 0.929. The van der Waals surface area contributed by atoms with E-state index in [2.05, 4.69) is 20.8 Å². The molecule has 3 nitrogen and oxygen atoms in total. The normalized spacial score (nSPS) is 30.2. The highest BCUT2D eigenvalue weighted by molar-refractivity contribution is 5.69. The summed E-state index contributed by atoms with van der Waals surface area (Å²) in [6.07, 6.45) is 3.03. The minimum atomic E-state index is -0.405. The number of hydrogen-bond acceptors (Lipinski definition) is 2. The van der Waals surface area contributed by atoms with Crippen LogP contribution in [-0.4, -0.2) is 28.7 Å². The van der Waals surface area contributed by atoms with E-state index >= 15 is 0 Å². The van der Waals surface area contributed by atoms with Gasteiger partial charge in [-0.15, -0.1) is 0 Å². The number of carbonyl (C=O) groups is 1. The number of hydrogen-bond donors (Lipinski definition) is 0. The van der Waals surface area contributed by atoms with Crippen LogP contribution in [0.5, 0.6) is 0 Å². The lowest BCUT2D eigenvalue weighted by atomic mass is 9.87. The molecule has 0 aromatic carbocycles. The molecule has 17 heavy (non-hydrogen) atoms. The largest absolute Gasteiger partial charge is 0.444 e. The first-order chi connectivity index (χ1) is 7.74. The van der Waals surface area contributed by atoms with Crippen LogP contribution in [0.2, 0.25) is 0 Å². The second kappa shape index (κ2) is 5.28. The van der Waals surface area contributed by atoms with E-state index in [0.717, 1.165) is 19.3 Å². The molecule has 0 radical (unpaired) electrons. The lowest BCUT2D eigenvalue weighted by Crippen LogP contribution is -2.52. The molecule has 0 bridgehead atoms. The Kier molecular flexibility index (Phi) is 4.45. The van der Waals surface area contributed by atoms with E-state index in [1.807, 2.05) is 25.7 Å². The molecule has 100 valence electrons. The van der Waals surface area contributed by atoms with Crippen LogP contribution >= 0.6 is 0 Å². The smallest absolute Gasteiger partial charge is 0.410 e. The number of nitrogens with zero attached hydrogens (tertiary/aromatic N) is 1. The van der Waals surface area contributed by atoms with Crippen molar-refractivity contribution in [2.24, 2.45) is 5.92 Å². The summed E-state index contributed by atoms with van der Waals surface area (Å²) in [5.41, 5.74) is -0.405. The van der Waals surface area contributed by atoms with E-state index < -0.39 is 5.60 Å². The van der Waals surface area contributed by atoms with E-state index in [-0.39, 0.29) is 6.09 Å². The van der Waals surface area contributed by atoms with Crippen molar-refractivity contribution < 1.29 is 9.53 Å². The Morgan fingerprint density at radius 1 is 1.29 bits per heavy atom. The average Bonchev–Trinajstić information content (AvgIpc) is 2.12. The molecule has 1 unspecified atom stereocenters. The molecule has 0 aromatic heterocycles. The zero-order valence-corrected chi connectivity index (χ0v) is 12.1. The van der Waals surface area contributed by atoms with Crippen LogP contribution in [0, 0.1) is 5.92 Å². The molecule has 3 heteroatoms. The van der Waals surface area contributed by atoms with E-state index in [1.165, 1.54) is 0 Å². The minimum Gasteiger partial charge on any atom is -0.444 e. The second-order valence-electron chi connectivity index (χ2n) is 6.38. The van der Waals surface area contributed by atoms with Crippen LogP contribution in [0.25, 0.3) is 0 Å². The van der Waals surface area contributed by atoms with Crippen molar-refractivity contribution in [1.82, 2.24) is 4.90 Å². The van der Waals surface area contributed by atoms with Crippen molar-refractivity contribution in [1.29, 1.82) is 0 Å². The number of piperidine rings is 1. The molecule has 1 aliphatic rings. The van der Waals surface area contributed by atoms with Crippen LogP contribution in [-0.2, 0) is 4.74 Å². The highest BCUT2D eigenvalue weighted by Gasteiger charge is 2.36. The van der Waals surface area contributed by atoms with Crippen molar-refractivity contribution in [3.8, 4) is 0 Å². The van der Waals surface area contributed by atoms with Crippen LogP contribution < -0.4 is 0 Å². The average molecular weight is 241 g/mol. The quantitative estimate of drug-likeness (QED) is 0.698. The summed E-state index contributed by atoms with van der Waals surface area (Å²) in [4.78, 5) is 14.2. The Morgan fingerprint density at radius 3 is 2.35 bits per heavy atom. The predicted octanol–water partition coefficient (Wildman–Crippen LogP) is 3.82. The van der Waals surface area contributed by atoms with Gasteiger partial charge in [0.1, 0.15) is 5.60 Å². The van der Waals surface area contributed by atoms with Gasteiger partial charge in [0.2, 0.25) is 0 Å². The van der Waals surface area contributed by atoms with Gasteiger partial charge in [0.15, 0.2) is 0 Å². The van der Waals surface area contributed by atoms with Gasteiger partial charge < -0.3 is 9.64 Å². The van der Waals surface area contributed by atoms with Crippen molar-refractivity contribution in [2.45, 2.75) is 78.5 Å². The molecule has 0 aromatic rings. The second-order valence-corrected chi connectivity index (χ2v) is 6.38. The summed E-state index contributed by atoms with van der Waals surface area (Å²) in [5, 5.41) is 0. The van der Waals surface area contributed by atoms with E-state index in [4.69, 9.17) is 4.74 Å². The Bertz CT molecular complexity index is 270. The first-order valence-electron chi connectivity index (χ1n) is 6.76. The fourth-order valence-corrected chi connectivity index (χ4v) is 2.74. The predicted molar refractivity (Wildman–Crippen MR) is 70.0 cm³/mol. The summed E-state index contributed by atoms with van der Waals surface area (Å²) in [7, 11) is 0. The number of ether oxygens (including phenoxy) is 1. The van der Waals surface area contributed by atoms with E-state index in [9.17, 15) is 4.79 Å². The van der Waals surface area contributed by atoms with Gasteiger partial charge in [-0.3, -0.25) is 0 Å². The van der Waals surface area contributed by atoms with Crippen LogP contribution in [0.3, 0.4) is 0 Å². The van der Waals surface area contributed by atoms with Gasteiger partial charge in [0.25, 0.3) is 0 Å². The Hall–Kier alpha value is -0.730. The molecular weight excluding hydrogens is 214 g/mol. The van der Waals surface area contributed by atoms with E-state index in [0.29, 0.717) is 18.0 Å². The first-order valence-corrected chi connectivity index (χ1v) is 6.76. The molecule has 0 spiro atoms. The summed E-state index contributed by atoms with van der Waals surface area (Å²) in [6.45, 7) is 12.3. The Balaban J connectivity index is 2.75.